The Kier molecular flexibility index (Phi) is 3.74. The molecule has 0 radical (unpaired) electrons. The highest BCUT2D eigenvalue weighted by Gasteiger charge is 2.20. The van der Waals surface area contributed by atoms with Gasteiger partial charge in [-0.05, 0) is 13.0 Å². The van der Waals surface area contributed by atoms with Crippen LogP contribution in [0.4, 0.5) is 11.4 Å². The Hall–Kier alpha value is -3.62. The van der Waals surface area contributed by atoms with Gasteiger partial charge in [0.15, 0.2) is 0 Å². The SMILES string of the molecule is Cc1cccc(-c2noc(-c3cc([N+](=O)[O-])cc([N+](=O)[O-])c3)n2)c1. The van der Waals surface area contributed by atoms with Crippen LogP contribution in [0.5, 0.6) is 0 Å². The van der Waals surface area contributed by atoms with E-state index >= 15 is 0 Å². The van der Waals surface area contributed by atoms with Gasteiger partial charge in [-0.3, -0.25) is 20.2 Å². The summed E-state index contributed by atoms with van der Waals surface area (Å²) in [6, 6.07) is 10.6. The van der Waals surface area contributed by atoms with Crippen molar-refractivity contribution in [2.45, 2.75) is 6.92 Å². The van der Waals surface area contributed by atoms with Crippen molar-refractivity contribution in [1.82, 2.24) is 10.1 Å². The predicted octanol–water partition coefficient (Wildman–Crippen LogP) is 3.53. The Morgan fingerprint density at radius 1 is 0.958 bits per heavy atom. The molecule has 2 aromatic carbocycles. The van der Waals surface area contributed by atoms with Gasteiger partial charge in [-0.25, -0.2) is 0 Å². The van der Waals surface area contributed by atoms with Gasteiger partial charge < -0.3 is 4.52 Å². The lowest BCUT2D eigenvalue weighted by atomic mass is 10.1. The third-order valence-corrected chi connectivity index (χ3v) is 3.27. The van der Waals surface area contributed by atoms with E-state index in [1.165, 1.54) is 0 Å². The zero-order valence-corrected chi connectivity index (χ0v) is 12.4. The second-order valence-corrected chi connectivity index (χ2v) is 5.04. The highest BCUT2D eigenvalue weighted by atomic mass is 16.6. The standard InChI is InChI=1S/C15H10N4O5/c1-9-3-2-4-10(5-9)14-16-15(24-17-14)11-6-12(18(20)21)8-13(7-11)19(22)23/h2-8H,1H3. The summed E-state index contributed by atoms with van der Waals surface area (Å²) in [6.07, 6.45) is 0. The normalized spacial score (nSPS) is 10.5. The molecular formula is C15H10N4O5. The van der Waals surface area contributed by atoms with Gasteiger partial charge in [0.25, 0.3) is 17.3 Å². The van der Waals surface area contributed by atoms with Crippen molar-refractivity contribution >= 4 is 11.4 Å². The van der Waals surface area contributed by atoms with Crippen LogP contribution >= 0.6 is 0 Å². The van der Waals surface area contributed by atoms with E-state index in [4.69, 9.17) is 4.52 Å². The zero-order valence-electron chi connectivity index (χ0n) is 12.4. The number of aromatic nitrogens is 2. The van der Waals surface area contributed by atoms with E-state index in [9.17, 15) is 20.2 Å². The van der Waals surface area contributed by atoms with Gasteiger partial charge in [0, 0.05) is 17.7 Å². The maximum absolute atomic E-state index is 10.9. The lowest BCUT2D eigenvalue weighted by molar-refractivity contribution is -0.394. The van der Waals surface area contributed by atoms with Gasteiger partial charge in [0.1, 0.15) is 0 Å². The molecule has 0 fully saturated rings. The number of non-ortho nitro benzene ring substituents is 2. The summed E-state index contributed by atoms with van der Waals surface area (Å²) in [6.45, 7) is 1.91. The zero-order chi connectivity index (χ0) is 17.3. The number of hydrogen-bond donors (Lipinski definition) is 0. The maximum Gasteiger partial charge on any atom is 0.277 e. The van der Waals surface area contributed by atoms with Crippen molar-refractivity contribution in [3.05, 3.63) is 68.3 Å². The van der Waals surface area contributed by atoms with Gasteiger partial charge >= 0.3 is 0 Å². The Morgan fingerprint density at radius 3 is 2.21 bits per heavy atom. The van der Waals surface area contributed by atoms with Gasteiger partial charge in [0.2, 0.25) is 5.82 Å². The van der Waals surface area contributed by atoms with E-state index in [2.05, 4.69) is 10.1 Å². The van der Waals surface area contributed by atoms with Crippen LogP contribution in [-0.2, 0) is 0 Å². The van der Waals surface area contributed by atoms with Crippen LogP contribution in [0.25, 0.3) is 22.8 Å². The molecule has 0 saturated heterocycles. The summed E-state index contributed by atoms with van der Waals surface area (Å²) in [5.74, 6) is 0.265. The minimum absolute atomic E-state index is 0.0293. The Balaban J connectivity index is 2.06. The van der Waals surface area contributed by atoms with Gasteiger partial charge in [-0.15, -0.1) is 0 Å². The van der Waals surface area contributed by atoms with Gasteiger partial charge in [-0.1, -0.05) is 28.9 Å². The van der Waals surface area contributed by atoms with Crippen molar-refractivity contribution < 1.29 is 14.4 Å². The molecule has 0 bridgehead atoms. The van der Waals surface area contributed by atoms with Crippen molar-refractivity contribution in [1.29, 1.82) is 0 Å². The van der Waals surface area contributed by atoms with Crippen LogP contribution in [0.1, 0.15) is 5.56 Å². The Bertz CT molecular complexity index is 918. The lowest BCUT2D eigenvalue weighted by Crippen LogP contribution is -1.94. The van der Waals surface area contributed by atoms with E-state index in [1.54, 1.807) is 6.07 Å². The number of benzene rings is 2. The highest BCUT2D eigenvalue weighted by Crippen LogP contribution is 2.30. The van der Waals surface area contributed by atoms with E-state index in [-0.39, 0.29) is 11.5 Å². The van der Waals surface area contributed by atoms with E-state index in [0.29, 0.717) is 11.4 Å². The first-order valence-corrected chi connectivity index (χ1v) is 6.79. The molecule has 0 amide bonds. The summed E-state index contributed by atoms with van der Waals surface area (Å²) in [5.41, 5.74) is 0.987. The molecule has 9 heteroatoms. The topological polar surface area (TPSA) is 125 Å². The summed E-state index contributed by atoms with van der Waals surface area (Å²) < 4.78 is 5.11. The number of hydrogen-bond acceptors (Lipinski definition) is 7. The molecule has 120 valence electrons. The molecule has 0 aliphatic heterocycles. The van der Waals surface area contributed by atoms with Crippen molar-refractivity contribution in [2.75, 3.05) is 0 Å². The molecule has 0 aliphatic rings. The second-order valence-electron chi connectivity index (χ2n) is 5.04. The van der Waals surface area contributed by atoms with Crippen LogP contribution in [0.2, 0.25) is 0 Å². The number of aryl methyl sites for hydroxylation is 1. The first kappa shape index (κ1) is 15.3. The summed E-state index contributed by atoms with van der Waals surface area (Å²) in [5, 5.41) is 25.7. The van der Waals surface area contributed by atoms with Crippen LogP contribution in [0.3, 0.4) is 0 Å². The molecule has 1 heterocycles. The van der Waals surface area contributed by atoms with E-state index in [1.807, 2.05) is 25.1 Å². The van der Waals surface area contributed by atoms with E-state index in [0.717, 1.165) is 23.8 Å². The maximum atomic E-state index is 10.9. The highest BCUT2D eigenvalue weighted by molar-refractivity contribution is 5.65. The number of nitro benzene ring substituents is 2. The average molecular weight is 326 g/mol. The van der Waals surface area contributed by atoms with Gasteiger partial charge in [-0.2, -0.15) is 4.98 Å². The van der Waals surface area contributed by atoms with Crippen molar-refractivity contribution in [2.24, 2.45) is 0 Å². The van der Waals surface area contributed by atoms with Crippen molar-refractivity contribution in [3.63, 3.8) is 0 Å². The van der Waals surface area contributed by atoms with Crippen molar-refractivity contribution in [3.8, 4) is 22.8 Å². The molecule has 0 saturated carbocycles. The fourth-order valence-electron chi connectivity index (χ4n) is 2.17. The molecule has 9 nitrogen and oxygen atoms in total. The quantitative estimate of drug-likeness (QED) is 0.530. The minimum Gasteiger partial charge on any atom is -0.334 e. The Morgan fingerprint density at radius 2 is 1.62 bits per heavy atom. The largest absolute Gasteiger partial charge is 0.334 e. The second kappa shape index (κ2) is 5.88. The molecular weight excluding hydrogens is 316 g/mol. The molecule has 0 N–H and O–H groups in total. The van der Waals surface area contributed by atoms with Gasteiger partial charge in [0.05, 0.1) is 21.5 Å². The molecule has 1 aromatic heterocycles. The van der Waals surface area contributed by atoms with Crippen LogP contribution in [0, 0.1) is 27.2 Å². The minimum atomic E-state index is -0.714. The van der Waals surface area contributed by atoms with E-state index < -0.39 is 21.2 Å². The predicted molar refractivity (Wildman–Crippen MR) is 83.2 cm³/mol. The molecule has 0 aliphatic carbocycles. The smallest absolute Gasteiger partial charge is 0.277 e. The lowest BCUT2D eigenvalue weighted by Gasteiger charge is -1.97. The summed E-state index contributed by atoms with van der Waals surface area (Å²) in [4.78, 5) is 24.6. The fraction of sp³-hybridized carbons (Fsp3) is 0.0667. The summed E-state index contributed by atoms with van der Waals surface area (Å²) >= 11 is 0. The molecule has 3 aromatic rings. The van der Waals surface area contributed by atoms with Crippen LogP contribution in [-0.4, -0.2) is 20.0 Å². The first-order chi connectivity index (χ1) is 11.4. The Labute approximate surface area is 134 Å². The molecule has 3 rings (SSSR count). The number of nitrogens with zero attached hydrogens (tertiary/aromatic N) is 4. The average Bonchev–Trinajstić information content (AvgIpc) is 3.04. The molecule has 24 heavy (non-hydrogen) atoms. The van der Waals surface area contributed by atoms with Crippen LogP contribution < -0.4 is 0 Å². The number of rotatable bonds is 4. The third-order valence-electron chi connectivity index (χ3n) is 3.27. The molecule has 0 atom stereocenters. The third kappa shape index (κ3) is 2.95. The fourth-order valence-corrected chi connectivity index (χ4v) is 2.17. The number of nitro groups is 2. The molecule has 0 spiro atoms. The first-order valence-electron chi connectivity index (χ1n) is 6.79. The molecule has 0 unspecified atom stereocenters. The summed E-state index contributed by atoms with van der Waals surface area (Å²) in [7, 11) is 0. The monoisotopic (exact) mass is 326 g/mol. The van der Waals surface area contributed by atoms with Crippen LogP contribution in [0.15, 0.2) is 47.0 Å².